The Morgan fingerprint density at radius 2 is 1.88 bits per heavy atom. The van der Waals surface area contributed by atoms with Gasteiger partial charge in [0.2, 0.25) is 5.82 Å². The summed E-state index contributed by atoms with van der Waals surface area (Å²) in [6.45, 7) is -0.00905. The number of benzene rings is 1. The summed E-state index contributed by atoms with van der Waals surface area (Å²) < 4.78 is 67.2. The molecule has 0 aliphatic heterocycles. The summed E-state index contributed by atoms with van der Waals surface area (Å²) in [5, 5.41) is 2.93. The SMILES string of the molecule is Fc1ccc(Cn2cnc3c(NC4CC4)nc(C(F)(F)F)nc32)cc1F. The molecule has 3 aromatic rings. The molecule has 0 bridgehead atoms. The minimum Gasteiger partial charge on any atom is -0.365 e. The largest absolute Gasteiger partial charge is 0.451 e. The fraction of sp³-hybridized carbons (Fsp3) is 0.312. The monoisotopic (exact) mass is 369 g/mol. The number of imidazole rings is 1. The van der Waals surface area contributed by atoms with E-state index in [4.69, 9.17) is 0 Å². The minimum atomic E-state index is -4.72. The lowest BCUT2D eigenvalue weighted by atomic mass is 10.2. The van der Waals surface area contributed by atoms with E-state index < -0.39 is 23.6 Å². The number of aromatic nitrogens is 4. The van der Waals surface area contributed by atoms with Crippen molar-refractivity contribution in [3.8, 4) is 0 Å². The number of nitrogens with zero attached hydrogens (tertiary/aromatic N) is 4. The molecular formula is C16H12F5N5. The van der Waals surface area contributed by atoms with Crippen molar-refractivity contribution in [1.29, 1.82) is 0 Å². The van der Waals surface area contributed by atoms with E-state index in [1.807, 2.05) is 0 Å². The molecule has 0 unspecified atom stereocenters. The van der Waals surface area contributed by atoms with E-state index in [0.29, 0.717) is 5.56 Å². The molecule has 0 saturated heterocycles. The summed E-state index contributed by atoms with van der Waals surface area (Å²) in [5.74, 6) is -3.29. The summed E-state index contributed by atoms with van der Waals surface area (Å²) in [7, 11) is 0. The minimum absolute atomic E-state index is 0.00905. The van der Waals surface area contributed by atoms with Gasteiger partial charge in [-0.05, 0) is 30.5 Å². The quantitative estimate of drug-likeness (QED) is 0.712. The van der Waals surface area contributed by atoms with Gasteiger partial charge in [-0.25, -0.2) is 23.7 Å². The van der Waals surface area contributed by atoms with Gasteiger partial charge in [-0.3, -0.25) is 0 Å². The number of rotatable bonds is 4. The number of hydrogen-bond donors (Lipinski definition) is 1. The highest BCUT2D eigenvalue weighted by Gasteiger charge is 2.37. The van der Waals surface area contributed by atoms with Crippen molar-refractivity contribution >= 4 is 17.0 Å². The van der Waals surface area contributed by atoms with Gasteiger partial charge in [-0.1, -0.05) is 6.07 Å². The lowest BCUT2D eigenvalue weighted by Crippen LogP contribution is -2.15. The number of fused-ring (bicyclic) bond motifs is 1. The van der Waals surface area contributed by atoms with Crippen molar-refractivity contribution < 1.29 is 22.0 Å². The predicted octanol–water partition coefficient (Wildman–Crippen LogP) is 3.75. The van der Waals surface area contributed by atoms with Crippen LogP contribution < -0.4 is 5.32 Å². The molecule has 0 amide bonds. The summed E-state index contributed by atoms with van der Waals surface area (Å²) in [4.78, 5) is 11.3. The van der Waals surface area contributed by atoms with Gasteiger partial charge in [0.25, 0.3) is 0 Å². The Hall–Kier alpha value is -2.78. The Bertz CT molecular complexity index is 977. The summed E-state index contributed by atoms with van der Waals surface area (Å²) in [5.41, 5.74) is 0.541. The van der Waals surface area contributed by atoms with Crippen LogP contribution in [0, 0.1) is 11.6 Å². The lowest BCUT2D eigenvalue weighted by Gasteiger charge is -2.11. The van der Waals surface area contributed by atoms with Crippen molar-refractivity contribution in [2.75, 3.05) is 5.32 Å². The van der Waals surface area contributed by atoms with Gasteiger partial charge in [0.15, 0.2) is 23.1 Å². The van der Waals surface area contributed by atoms with Gasteiger partial charge in [-0.2, -0.15) is 13.2 Å². The van der Waals surface area contributed by atoms with E-state index >= 15 is 0 Å². The van der Waals surface area contributed by atoms with Crippen LogP contribution in [0.5, 0.6) is 0 Å². The van der Waals surface area contributed by atoms with Crippen LogP contribution in [-0.2, 0) is 12.7 Å². The predicted molar refractivity (Wildman–Crippen MR) is 82.4 cm³/mol. The standard InChI is InChI=1S/C16H12F5N5/c17-10-4-1-8(5-11(10)18)6-26-7-22-12-13(23-9-2-3-9)24-15(16(19,20)21)25-14(12)26/h1,4-5,7,9H,2-3,6H2,(H,23,24,25). The fourth-order valence-electron chi connectivity index (χ4n) is 2.54. The fourth-order valence-corrected chi connectivity index (χ4v) is 2.54. The van der Waals surface area contributed by atoms with Gasteiger partial charge in [-0.15, -0.1) is 0 Å². The molecule has 1 aliphatic rings. The summed E-state index contributed by atoms with van der Waals surface area (Å²) >= 11 is 0. The molecule has 5 nitrogen and oxygen atoms in total. The second kappa shape index (κ2) is 5.89. The highest BCUT2D eigenvalue weighted by atomic mass is 19.4. The zero-order valence-corrected chi connectivity index (χ0v) is 13.2. The lowest BCUT2D eigenvalue weighted by molar-refractivity contribution is -0.144. The molecule has 26 heavy (non-hydrogen) atoms. The molecule has 1 saturated carbocycles. The topological polar surface area (TPSA) is 55.6 Å². The summed E-state index contributed by atoms with van der Waals surface area (Å²) in [6.07, 6.45) is -1.71. The molecule has 0 spiro atoms. The third-order valence-electron chi connectivity index (χ3n) is 3.97. The first-order valence-electron chi connectivity index (χ1n) is 7.82. The third-order valence-corrected chi connectivity index (χ3v) is 3.97. The average molecular weight is 369 g/mol. The second-order valence-corrected chi connectivity index (χ2v) is 6.11. The molecule has 0 radical (unpaired) electrons. The first kappa shape index (κ1) is 16.7. The number of nitrogens with one attached hydrogen (secondary N) is 1. The molecule has 10 heteroatoms. The Morgan fingerprint density at radius 1 is 1.12 bits per heavy atom. The van der Waals surface area contributed by atoms with Gasteiger partial charge in [0.1, 0.15) is 5.52 Å². The molecule has 2 aromatic heterocycles. The van der Waals surface area contributed by atoms with E-state index in [1.54, 1.807) is 0 Å². The number of halogens is 5. The van der Waals surface area contributed by atoms with Gasteiger partial charge in [0.05, 0.1) is 12.9 Å². The Morgan fingerprint density at radius 3 is 2.54 bits per heavy atom. The zero-order chi connectivity index (χ0) is 18.5. The molecule has 1 aromatic carbocycles. The van der Waals surface area contributed by atoms with Crippen LogP contribution in [0.1, 0.15) is 24.2 Å². The number of anilines is 1. The molecule has 4 rings (SSSR count). The van der Waals surface area contributed by atoms with E-state index in [9.17, 15) is 22.0 Å². The third kappa shape index (κ3) is 3.18. The smallest absolute Gasteiger partial charge is 0.365 e. The highest BCUT2D eigenvalue weighted by molar-refractivity contribution is 5.83. The van der Waals surface area contributed by atoms with Gasteiger partial charge in [0, 0.05) is 6.04 Å². The van der Waals surface area contributed by atoms with E-state index in [-0.39, 0.29) is 29.6 Å². The van der Waals surface area contributed by atoms with Crippen LogP contribution in [0.2, 0.25) is 0 Å². The Kier molecular flexibility index (Phi) is 3.78. The van der Waals surface area contributed by atoms with Crippen LogP contribution in [-0.4, -0.2) is 25.6 Å². The van der Waals surface area contributed by atoms with Crippen molar-refractivity contribution in [3.63, 3.8) is 0 Å². The molecular weight excluding hydrogens is 357 g/mol. The van der Waals surface area contributed by atoms with Crippen molar-refractivity contribution in [2.45, 2.75) is 31.6 Å². The van der Waals surface area contributed by atoms with Crippen molar-refractivity contribution in [1.82, 2.24) is 19.5 Å². The normalized spacial score (nSPS) is 14.8. The number of hydrogen-bond acceptors (Lipinski definition) is 4. The molecule has 1 aliphatic carbocycles. The highest BCUT2D eigenvalue weighted by Crippen LogP contribution is 2.32. The van der Waals surface area contributed by atoms with Crippen LogP contribution in [0.25, 0.3) is 11.2 Å². The van der Waals surface area contributed by atoms with Gasteiger partial charge >= 0.3 is 6.18 Å². The molecule has 0 atom stereocenters. The average Bonchev–Trinajstić information content (AvgIpc) is 3.29. The number of alkyl halides is 3. The maximum atomic E-state index is 13.4. The second-order valence-electron chi connectivity index (χ2n) is 6.11. The van der Waals surface area contributed by atoms with Crippen molar-refractivity contribution in [2.24, 2.45) is 0 Å². The maximum absolute atomic E-state index is 13.4. The van der Waals surface area contributed by atoms with Crippen molar-refractivity contribution in [3.05, 3.63) is 47.5 Å². The molecule has 2 heterocycles. The van der Waals surface area contributed by atoms with E-state index in [2.05, 4.69) is 20.3 Å². The Balaban J connectivity index is 1.78. The summed E-state index contributed by atoms with van der Waals surface area (Å²) in [6, 6.07) is 3.36. The molecule has 1 fully saturated rings. The van der Waals surface area contributed by atoms with E-state index in [1.165, 1.54) is 17.0 Å². The zero-order valence-electron chi connectivity index (χ0n) is 13.2. The van der Waals surface area contributed by atoms with Gasteiger partial charge < -0.3 is 9.88 Å². The first-order chi connectivity index (χ1) is 12.3. The van der Waals surface area contributed by atoms with Crippen LogP contribution in [0.15, 0.2) is 24.5 Å². The first-order valence-corrected chi connectivity index (χ1v) is 7.82. The molecule has 136 valence electrons. The van der Waals surface area contributed by atoms with E-state index in [0.717, 1.165) is 25.0 Å². The maximum Gasteiger partial charge on any atom is 0.451 e. The van der Waals surface area contributed by atoms with Crippen LogP contribution >= 0.6 is 0 Å². The van der Waals surface area contributed by atoms with Crippen LogP contribution in [0.4, 0.5) is 27.8 Å². The molecule has 1 N–H and O–H groups in total. The Labute approximate surface area is 143 Å². The van der Waals surface area contributed by atoms with Crippen LogP contribution in [0.3, 0.4) is 0 Å².